The quantitative estimate of drug-likeness (QED) is 0.395. The zero-order chi connectivity index (χ0) is 6.85. The fourth-order valence-electron chi connectivity index (χ4n) is 0.971. The predicted octanol–water partition coefficient (Wildman–Crippen LogP) is 0.364. The van der Waals surface area contributed by atoms with Crippen LogP contribution in [-0.4, -0.2) is 23.9 Å². The summed E-state index contributed by atoms with van der Waals surface area (Å²) in [4.78, 5) is 1.84. The van der Waals surface area contributed by atoms with Crippen molar-refractivity contribution in [1.82, 2.24) is 4.90 Å². The van der Waals surface area contributed by atoms with Crippen molar-refractivity contribution in [2.45, 2.75) is 25.3 Å². The summed E-state index contributed by atoms with van der Waals surface area (Å²) in [5.74, 6) is 0.194. The third-order valence-corrected chi connectivity index (χ3v) is 2.00. The molecule has 9 heavy (non-hydrogen) atoms. The van der Waals surface area contributed by atoms with Crippen LogP contribution in [0.15, 0.2) is 0 Å². The molecule has 0 aromatic heterocycles. The number of guanidine groups is 1. The Morgan fingerprint density at radius 2 is 2.22 bits per heavy atom. The van der Waals surface area contributed by atoms with E-state index in [-0.39, 0.29) is 5.96 Å². The Morgan fingerprint density at radius 3 is 2.33 bits per heavy atom. The van der Waals surface area contributed by atoms with E-state index in [9.17, 15) is 0 Å². The Hall–Kier alpha value is -0.730. The zero-order valence-corrected chi connectivity index (χ0v) is 5.72. The first kappa shape index (κ1) is 6.39. The Labute approximate surface area is 55.3 Å². The van der Waals surface area contributed by atoms with Crippen LogP contribution in [-0.2, 0) is 0 Å². The molecule has 52 valence electrons. The second kappa shape index (κ2) is 2.25. The van der Waals surface area contributed by atoms with E-state index in [2.05, 4.69) is 0 Å². The van der Waals surface area contributed by atoms with Crippen molar-refractivity contribution >= 4 is 5.96 Å². The van der Waals surface area contributed by atoms with Crippen molar-refractivity contribution < 1.29 is 0 Å². The molecule has 0 spiro atoms. The third-order valence-electron chi connectivity index (χ3n) is 2.00. The number of hydrogen-bond acceptors (Lipinski definition) is 1. The minimum absolute atomic E-state index is 0.194. The topological polar surface area (TPSA) is 53.1 Å². The molecular weight excluding hydrogens is 114 g/mol. The predicted molar refractivity (Wildman–Crippen MR) is 37.3 cm³/mol. The van der Waals surface area contributed by atoms with Crippen LogP contribution >= 0.6 is 0 Å². The van der Waals surface area contributed by atoms with Gasteiger partial charge in [-0.05, 0) is 19.3 Å². The molecule has 0 aliphatic heterocycles. The Bertz CT molecular complexity index is 117. The van der Waals surface area contributed by atoms with Crippen LogP contribution in [0.25, 0.3) is 0 Å². The van der Waals surface area contributed by atoms with Gasteiger partial charge in [0.2, 0.25) is 0 Å². The molecule has 0 bridgehead atoms. The zero-order valence-electron chi connectivity index (χ0n) is 5.72. The van der Waals surface area contributed by atoms with Crippen molar-refractivity contribution in [3.63, 3.8) is 0 Å². The van der Waals surface area contributed by atoms with Crippen LogP contribution in [0.1, 0.15) is 19.3 Å². The monoisotopic (exact) mass is 127 g/mol. The van der Waals surface area contributed by atoms with Gasteiger partial charge in [-0.15, -0.1) is 0 Å². The largest absolute Gasteiger partial charge is 0.370 e. The van der Waals surface area contributed by atoms with Crippen LogP contribution < -0.4 is 5.73 Å². The molecule has 0 saturated heterocycles. The van der Waals surface area contributed by atoms with Crippen LogP contribution in [0.4, 0.5) is 0 Å². The van der Waals surface area contributed by atoms with Crippen LogP contribution in [0.5, 0.6) is 0 Å². The van der Waals surface area contributed by atoms with E-state index in [1.807, 2.05) is 11.9 Å². The summed E-state index contributed by atoms with van der Waals surface area (Å²) in [7, 11) is 1.88. The number of rotatable bonds is 1. The number of nitrogens with two attached hydrogens (primary N) is 1. The SMILES string of the molecule is CN(C(=N)N)C1CCC1. The number of nitrogens with one attached hydrogen (secondary N) is 1. The van der Waals surface area contributed by atoms with Crippen molar-refractivity contribution in [2.24, 2.45) is 5.73 Å². The average molecular weight is 127 g/mol. The fraction of sp³-hybridized carbons (Fsp3) is 0.833. The summed E-state index contributed by atoms with van der Waals surface area (Å²) >= 11 is 0. The maximum absolute atomic E-state index is 7.07. The van der Waals surface area contributed by atoms with Crippen molar-refractivity contribution in [2.75, 3.05) is 7.05 Å². The highest BCUT2D eigenvalue weighted by molar-refractivity contribution is 5.74. The molecule has 1 saturated carbocycles. The van der Waals surface area contributed by atoms with Crippen molar-refractivity contribution in [3.8, 4) is 0 Å². The standard InChI is InChI=1S/C6H13N3/c1-9(6(7)8)5-3-2-4-5/h5H,2-4H2,1H3,(H3,7,8). The van der Waals surface area contributed by atoms with E-state index < -0.39 is 0 Å². The first-order valence-electron chi connectivity index (χ1n) is 3.28. The van der Waals surface area contributed by atoms with Crippen LogP contribution in [0, 0.1) is 5.41 Å². The molecule has 1 rings (SSSR count). The summed E-state index contributed by atoms with van der Waals surface area (Å²) < 4.78 is 0. The first-order valence-corrected chi connectivity index (χ1v) is 3.28. The molecule has 0 heterocycles. The molecule has 3 heteroatoms. The second-order valence-corrected chi connectivity index (χ2v) is 2.58. The fourth-order valence-corrected chi connectivity index (χ4v) is 0.971. The number of hydrogen-bond donors (Lipinski definition) is 2. The Balaban J connectivity index is 2.32. The van der Waals surface area contributed by atoms with Gasteiger partial charge in [-0.1, -0.05) is 0 Å². The molecule has 0 amide bonds. The van der Waals surface area contributed by atoms with Gasteiger partial charge in [0.25, 0.3) is 0 Å². The lowest BCUT2D eigenvalue weighted by Gasteiger charge is -2.34. The van der Waals surface area contributed by atoms with E-state index in [1.165, 1.54) is 19.3 Å². The second-order valence-electron chi connectivity index (χ2n) is 2.58. The molecule has 3 N–H and O–H groups in total. The first-order chi connectivity index (χ1) is 4.22. The Morgan fingerprint density at radius 1 is 1.67 bits per heavy atom. The van der Waals surface area contributed by atoms with E-state index >= 15 is 0 Å². The third kappa shape index (κ3) is 1.15. The molecule has 1 aliphatic rings. The van der Waals surface area contributed by atoms with Gasteiger partial charge in [0, 0.05) is 13.1 Å². The van der Waals surface area contributed by atoms with Gasteiger partial charge in [0.1, 0.15) is 0 Å². The normalized spacial score (nSPS) is 18.8. The van der Waals surface area contributed by atoms with E-state index in [1.54, 1.807) is 0 Å². The minimum Gasteiger partial charge on any atom is -0.370 e. The average Bonchev–Trinajstić information content (AvgIpc) is 1.60. The molecule has 0 aromatic rings. The summed E-state index contributed by atoms with van der Waals surface area (Å²) in [6.45, 7) is 0. The lowest BCUT2D eigenvalue weighted by molar-refractivity contribution is 0.237. The van der Waals surface area contributed by atoms with Crippen molar-refractivity contribution in [1.29, 1.82) is 5.41 Å². The molecule has 3 nitrogen and oxygen atoms in total. The number of nitrogens with zero attached hydrogens (tertiary/aromatic N) is 1. The summed E-state index contributed by atoms with van der Waals surface area (Å²) in [5, 5.41) is 7.07. The lowest BCUT2D eigenvalue weighted by atomic mass is 9.92. The maximum atomic E-state index is 7.07. The summed E-state index contributed by atoms with van der Waals surface area (Å²) in [5.41, 5.74) is 5.26. The van der Waals surface area contributed by atoms with E-state index in [4.69, 9.17) is 11.1 Å². The molecule has 1 fully saturated rings. The van der Waals surface area contributed by atoms with Crippen LogP contribution in [0.3, 0.4) is 0 Å². The van der Waals surface area contributed by atoms with Gasteiger partial charge in [-0.2, -0.15) is 0 Å². The summed E-state index contributed by atoms with van der Waals surface area (Å²) in [6.07, 6.45) is 3.70. The van der Waals surface area contributed by atoms with Gasteiger partial charge in [-0.25, -0.2) is 0 Å². The lowest BCUT2D eigenvalue weighted by Crippen LogP contribution is -2.44. The van der Waals surface area contributed by atoms with Gasteiger partial charge in [0.15, 0.2) is 5.96 Å². The molecule has 0 radical (unpaired) electrons. The molecule has 0 atom stereocenters. The van der Waals surface area contributed by atoms with Crippen molar-refractivity contribution in [3.05, 3.63) is 0 Å². The van der Waals surface area contributed by atoms with E-state index in [0.29, 0.717) is 6.04 Å². The smallest absolute Gasteiger partial charge is 0.188 e. The van der Waals surface area contributed by atoms with Gasteiger partial charge >= 0.3 is 0 Å². The van der Waals surface area contributed by atoms with E-state index in [0.717, 1.165) is 0 Å². The Kier molecular flexibility index (Phi) is 1.60. The highest BCUT2D eigenvalue weighted by atomic mass is 15.2. The highest BCUT2D eigenvalue weighted by Crippen LogP contribution is 2.22. The molecule has 0 aromatic carbocycles. The molecular formula is C6H13N3. The van der Waals surface area contributed by atoms with Gasteiger partial charge < -0.3 is 10.6 Å². The van der Waals surface area contributed by atoms with Gasteiger partial charge in [0.05, 0.1) is 0 Å². The van der Waals surface area contributed by atoms with Crippen LogP contribution in [0.2, 0.25) is 0 Å². The molecule has 1 aliphatic carbocycles. The maximum Gasteiger partial charge on any atom is 0.188 e. The molecule has 0 unspecified atom stereocenters. The summed E-state index contributed by atoms with van der Waals surface area (Å²) in [6, 6.07) is 0.558. The minimum atomic E-state index is 0.194. The highest BCUT2D eigenvalue weighted by Gasteiger charge is 2.22. The van der Waals surface area contributed by atoms with Gasteiger partial charge in [-0.3, -0.25) is 5.41 Å².